The van der Waals surface area contributed by atoms with Crippen LogP contribution in [0.1, 0.15) is 17.4 Å². The van der Waals surface area contributed by atoms with E-state index in [-0.39, 0.29) is 22.5 Å². The summed E-state index contributed by atoms with van der Waals surface area (Å²) in [4.78, 5) is 25.3. The van der Waals surface area contributed by atoms with Crippen LogP contribution in [0.3, 0.4) is 0 Å². The number of carbonyl (C=O) groups is 1. The Bertz CT molecular complexity index is 779. The quantitative estimate of drug-likeness (QED) is 0.326. The fourth-order valence-electron chi connectivity index (χ4n) is 2.63. The van der Waals surface area contributed by atoms with Crippen LogP contribution in [0.15, 0.2) is 6.33 Å². The number of nitrogens with one attached hydrogen (secondary N) is 3. The maximum atomic E-state index is 12.6. The Labute approximate surface area is 141 Å². The van der Waals surface area contributed by atoms with E-state index in [0.717, 1.165) is 0 Å². The molecule has 4 atom stereocenters. The van der Waals surface area contributed by atoms with E-state index < -0.39 is 36.6 Å². The highest BCUT2D eigenvalue weighted by Gasteiger charge is 2.52. The Balaban J connectivity index is 1.88. The van der Waals surface area contributed by atoms with Gasteiger partial charge in [-0.25, -0.2) is 15.4 Å². The lowest BCUT2D eigenvalue weighted by molar-refractivity contribution is -0.0715. The van der Waals surface area contributed by atoms with Crippen molar-refractivity contribution in [2.75, 3.05) is 19.2 Å². The van der Waals surface area contributed by atoms with Gasteiger partial charge in [0.05, 0.1) is 19.1 Å². The molecule has 12 nitrogen and oxygen atoms in total. The van der Waals surface area contributed by atoms with E-state index in [1.165, 1.54) is 20.4 Å². The summed E-state index contributed by atoms with van der Waals surface area (Å²) in [7, 11) is 1.38. The molecule has 0 bridgehead atoms. The predicted molar refractivity (Wildman–Crippen MR) is 82.2 cm³/mol. The number of hydrogen-bond acceptors (Lipinski definition) is 10. The van der Waals surface area contributed by atoms with Crippen LogP contribution in [0.4, 0.5) is 5.82 Å². The number of anilines is 1. The number of ether oxygens (including phenoxy) is 1. The lowest BCUT2D eigenvalue weighted by Gasteiger charge is -2.26. The number of aromatic nitrogens is 4. The molecule has 2 aromatic rings. The molecule has 0 spiro atoms. The Morgan fingerprint density at radius 3 is 2.92 bits per heavy atom. The molecular formula is C13H18N6O6. The number of aliphatic hydroxyl groups excluding tert-OH is 2. The highest BCUT2D eigenvalue weighted by molar-refractivity contribution is 6.07. The smallest absolute Gasteiger partial charge is 0.272 e. The van der Waals surface area contributed by atoms with Crippen molar-refractivity contribution in [1.82, 2.24) is 25.5 Å². The largest absolute Gasteiger partial charge is 0.394 e. The number of aromatic amines is 1. The molecule has 1 fully saturated rings. The average molecular weight is 354 g/mol. The van der Waals surface area contributed by atoms with Gasteiger partial charge in [0.25, 0.3) is 5.91 Å². The normalized spacial score (nSPS) is 29.1. The zero-order valence-electron chi connectivity index (χ0n) is 13.4. The van der Waals surface area contributed by atoms with Gasteiger partial charge >= 0.3 is 0 Å². The summed E-state index contributed by atoms with van der Waals surface area (Å²) in [5.74, 6) is -0.453. The summed E-state index contributed by atoms with van der Waals surface area (Å²) in [6.45, 7) is 0.788. The number of nitrogens with zero attached hydrogens (tertiary/aromatic N) is 3. The van der Waals surface area contributed by atoms with E-state index in [4.69, 9.17) is 9.57 Å². The van der Waals surface area contributed by atoms with Crippen LogP contribution in [0.5, 0.6) is 0 Å². The molecule has 2 aromatic heterocycles. The number of amides is 1. The monoisotopic (exact) mass is 354 g/mol. The number of aliphatic hydroxyl groups is 3. The molecule has 1 saturated heterocycles. The fourth-order valence-corrected chi connectivity index (χ4v) is 2.63. The first-order valence-corrected chi connectivity index (χ1v) is 7.35. The van der Waals surface area contributed by atoms with Gasteiger partial charge in [-0.15, -0.1) is 0 Å². The molecule has 1 aliphatic rings. The molecule has 6 N–H and O–H groups in total. The van der Waals surface area contributed by atoms with Crippen molar-refractivity contribution in [2.45, 2.75) is 31.0 Å². The topological polar surface area (TPSA) is 175 Å². The van der Waals surface area contributed by atoms with Crippen molar-refractivity contribution in [3.8, 4) is 0 Å². The van der Waals surface area contributed by atoms with Crippen LogP contribution in [-0.2, 0) is 9.57 Å². The Morgan fingerprint density at radius 1 is 1.52 bits per heavy atom. The van der Waals surface area contributed by atoms with Gasteiger partial charge < -0.3 is 25.4 Å². The number of hydrogen-bond donors (Lipinski definition) is 6. The third-order valence-electron chi connectivity index (χ3n) is 4.01. The molecule has 136 valence electrons. The standard InChI is InChI=1S/C13H18N6O6/c1-13(23)8(21)5(3-20)25-12(13)16-11(22)7-6-9(18-17-7)14-4-15-10(6)19-24-2/h4-5,8,12,20-21,23H,3H2,1-2H3,(H,16,22)(H2,14,15,17,18,19)/t5-,8-,12-,13-/m1/s1. The highest BCUT2D eigenvalue weighted by atomic mass is 16.6. The summed E-state index contributed by atoms with van der Waals surface area (Å²) < 4.78 is 5.31. The molecule has 12 heteroatoms. The predicted octanol–water partition coefficient (Wildman–Crippen LogP) is -2.11. The first kappa shape index (κ1) is 17.4. The van der Waals surface area contributed by atoms with Gasteiger partial charge in [0.1, 0.15) is 29.8 Å². The van der Waals surface area contributed by atoms with Gasteiger partial charge in [-0.1, -0.05) is 0 Å². The van der Waals surface area contributed by atoms with Crippen LogP contribution in [0, 0.1) is 0 Å². The van der Waals surface area contributed by atoms with Crippen molar-refractivity contribution >= 4 is 22.8 Å². The third kappa shape index (κ3) is 2.89. The van der Waals surface area contributed by atoms with E-state index >= 15 is 0 Å². The minimum absolute atomic E-state index is 0.0106. The molecule has 3 heterocycles. The number of fused-ring (bicyclic) bond motifs is 1. The first-order valence-electron chi connectivity index (χ1n) is 7.35. The van der Waals surface area contributed by atoms with Gasteiger partial charge in [0.2, 0.25) is 0 Å². The van der Waals surface area contributed by atoms with Gasteiger partial charge in [0.15, 0.2) is 17.7 Å². The molecule has 25 heavy (non-hydrogen) atoms. The summed E-state index contributed by atoms with van der Waals surface area (Å²) in [5, 5.41) is 38.7. The zero-order chi connectivity index (χ0) is 18.2. The second-order valence-electron chi connectivity index (χ2n) is 5.71. The lowest BCUT2D eigenvalue weighted by atomic mass is 9.96. The molecule has 1 amide bonds. The van der Waals surface area contributed by atoms with Crippen LogP contribution >= 0.6 is 0 Å². The molecule has 0 aliphatic carbocycles. The number of rotatable bonds is 5. The van der Waals surface area contributed by atoms with Crippen molar-refractivity contribution in [2.24, 2.45) is 0 Å². The van der Waals surface area contributed by atoms with Crippen LogP contribution in [-0.4, -0.2) is 79.1 Å². The number of carbonyl (C=O) groups excluding carboxylic acids is 1. The van der Waals surface area contributed by atoms with Gasteiger partial charge in [-0.2, -0.15) is 5.10 Å². The van der Waals surface area contributed by atoms with Crippen LogP contribution < -0.4 is 10.8 Å². The highest BCUT2D eigenvalue weighted by Crippen LogP contribution is 2.30. The first-order chi connectivity index (χ1) is 11.9. The second-order valence-corrected chi connectivity index (χ2v) is 5.71. The summed E-state index contributed by atoms with van der Waals surface area (Å²) in [6, 6.07) is 0. The molecule has 0 saturated carbocycles. The molecule has 0 radical (unpaired) electrons. The summed E-state index contributed by atoms with van der Waals surface area (Å²) in [5.41, 5.74) is 0.971. The van der Waals surface area contributed by atoms with E-state index in [2.05, 4.69) is 31.0 Å². The van der Waals surface area contributed by atoms with Crippen molar-refractivity contribution in [3.05, 3.63) is 12.0 Å². The van der Waals surface area contributed by atoms with E-state index in [1.54, 1.807) is 0 Å². The summed E-state index contributed by atoms with van der Waals surface area (Å²) >= 11 is 0. The minimum Gasteiger partial charge on any atom is -0.394 e. The van der Waals surface area contributed by atoms with Crippen LogP contribution in [0.2, 0.25) is 0 Å². The Kier molecular flexibility index (Phi) is 4.53. The van der Waals surface area contributed by atoms with Gasteiger partial charge in [-0.3, -0.25) is 14.7 Å². The van der Waals surface area contributed by atoms with Crippen LogP contribution in [0.25, 0.3) is 11.0 Å². The number of H-pyrrole nitrogens is 1. The maximum Gasteiger partial charge on any atom is 0.272 e. The van der Waals surface area contributed by atoms with Crippen molar-refractivity contribution < 1.29 is 29.7 Å². The van der Waals surface area contributed by atoms with E-state index in [0.29, 0.717) is 0 Å². The van der Waals surface area contributed by atoms with E-state index in [1.807, 2.05) is 0 Å². The zero-order valence-corrected chi connectivity index (χ0v) is 13.4. The molecule has 0 aromatic carbocycles. The van der Waals surface area contributed by atoms with Crippen molar-refractivity contribution in [1.29, 1.82) is 0 Å². The van der Waals surface area contributed by atoms with Gasteiger partial charge in [0, 0.05) is 0 Å². The van der Waals surface area contributed by atoms with Crippen molar-refractivity contribution in [3.63, 3.8) is 0 Å². The maximum absolute atomic E-state index is 12.6. The molecular weight excluding hydrogens is 336 g/mol. The Hall–Kier alpha value is -2.38. The summed E-state index contributed by atoms with van der Waals surface area (Å²) in [6.07, 6.45) is -2.38. The average Bonchev–Trinajstić information content (AvgIpc) is 3.10. The minimum atomic E-state index is -1.79. The lowest BCUT2D eigenvalue weighted by Crippen LogP contribution is -2.53. The second kappa shape index (κ2) is 6.50. The van der Waals surface area contributed by atoms with Gasteiger partial charge in [-0.05, 0) is 6.92 Å². The fraction of sp³-hybridized carbons (Fsp3) is 0.538. The SMILES string of the molecule is CONc1ncnc2n[nH]c(C(=O)N[C@@H]3O[C@H](CO)[C@@H](O)[C@@]3(C)O)c12. The molecule has 1 aliphatic heterocycles. The Morgan fingerprint density at radius 2 is 2.28 bits per heavy atom. The van der Waals surface area contributed by atoms with E-state index in [9.17, 15) is 20.1 Å². The third-order valence-corrected chi connectivity index (χ3v) is 4.01. The molecule has 0 unspecified atom stereocenters. The molecule has 3 rings (SSSR count).